The number of halogens is 1. The Morgan fingerprint density at radius 2 is 2.04 bits per heavy atom. The normalized spacial score (nSPS) is 11.1. The second-order valence-electron chi connectivity index (χ2n) is 6.62. The van der Waals surface area contributed by atoms with Gasteiger partial charge in [-0.05, 0) is 43.2 Å². The fourth-order valence-corrected chi connectivity index (χ4v) is 3.56. The smallest absolute Gasteiger partial charge is 0.254 e. The maximum atomic E-state index is 13.1. The van der Waals surface area contributed by atoms with E-state index in [9.17, 15) is 4.79 Å². The monoisotopic (exact) mass is 428 g/mol. The summed E-state index contributed by atoms with van der Waals surface area (Å²) in [5.74, 6) is 0.929. The van der Waals surface area contributed by atoms with E-state index in [0.717, 1.165) is 47.3 Å². The molecule has 0 radical (unpaired) electrons. The number of hydrogen-bond acceptors (Lipinski definition) is 3. The van der Waals surface area contributed by atoms with Gasteiger partial charge in [0.05, 0.1) is 6.54 Å². The second-order valence-corrected chi connectivity index (χ2v) is 7.53. The van der Waals surface area contributed by atoms with Crippen LogP contribution in [0, 0.1) is 0 Å². The van der Waals surface area contributed by atoms with E-state index in [-0.39, 0.29) is 5.91 Å². The minimum atomic E-state index is 0.0350. The van der Waals surface area contributed by atoms with E-state index >= 15 is 0 Å². The highest BCUT2D eigenvalue weighted by Crippen LogP contribution is 2.19. The largest absolute Gasteiger partial charge is 0.331 e. The summed E-state index contributed by atoms with van der Waals surface area (Å²) in [6.45, 7) is 6.32. The molecule has 1 aromatic carbocycles. The Morgan fingerprint density at radius 3 is 2.78 bits per heavy atom. The van der Waals surface area contributed by atoms with Gasteiger partial charge >= 0.3 is 0 Å². The molecule has 0 fully saturated rings. The summed E-state index contributed by atoms with van der Waals surface area (Å²) in [7, 11) is 0. The van der Waals surface area contributed by atoms with Gasteiger partial charge in [0.15, 0.2) is 5.65 Å². The molecule has 0 unspecified atom stereocenters. The number of fused-ring (bicyclic) bond motifs is 1. The van der Waals surface area contributed by atoms with Gasteiger partial charge in [-0.15, -0.1) is 0 Å². The fraction of sp³-hybridized carbons (Fsp3) is 0.381. The van der Waals surface area contributed by atoms with Crippen LogP contribution in [0.15, 0.2) is 47.1 Å². The van der Waals surface area contributed by atoms with Crippen LogP contribution in [0.1, 0.15) is 49.3 Å². The average Bonchev–Trinajstić information content (AvgIpc) is 3.02. The number of nitrogens with zero attached hydrogens (tertiary/aromatic N) is 4. The van der Waals surface area contributed by atoms with Gasteiger partial charge in [-0.25, -0.2) is 9.97 Å². The van der Waals surface area contributed by atoms with E-state index in [1.165, 1.54) is 0 Å². The lowest BCUT2D eigenvalue weighted by molar-refractivity contribution is 0.0734. The minimum Gasteiger partial charge on any atom is -0.331 e. The van der Waals surface area contributed by atoms with Gasteiger partial charge in [0.2, 0.25) is 0 Å². The molecule has 0 atom stereocenters. The van der Waals surface area contributed by atoms with E-state index in [4.69, 9.17) is 4.98 Å². The summed E-state index contributed by atoms with van der Waals surface area (Å²) < 4.78 is 3.05. The zero-order valence-corrected chi connectivity index (χ0v) is 17.4. The Kier molecular flexibility index (Phi) is 6.61. The lowest BCUT2D eigenvalue weighted by Gasteiger charge is -2.23. The third-order valence-electron chi connectivity index (χ3n) is 4.50. The van der Waals surface area contributed by atoms with Crippen LogP contribution in [0.2, 0.25) is 0 Å². The van der Waals surface area contributed by atoms with Crippen LogP contribution < -0.4 is 0 Å². The number of pyridine rings is 1. The first-order valence-corrected chi connectivity index (χ1v) is 10.3. The number of carbonyl (C=O) groups is 1. The molecule has 2 aromatic heterocycles. The molecule has 0 N–H and O–H groups in total. The van der Waals surface area contributed by atoms with Gasteiger partial charge < -0.3 is 9.47 Å². The summed E-state index contributed by atoms with van der Waals surface area (Å²) in [5, 5.41) is 0. The van der Waals surface area contributed by atoms with Crippen molar-refractivity contribution >= 4 is 33.0 Å². The van der Waals surface area contributed by atoms with Gasteiger partial charge in [0.1, 0.15) is 11.3 Å². The summed E-state index contributed by atoms with van der Waals surface area (Å²) in [6, 6.07) is 11.4. The molecule has 0 aliphatic carbocycles. The van der Waals surface area contributed by atoms with Crippen LogP contribution in [-0.2, 0) is 13.1 Å². The highest BCUT2D eigenvalue weighted by Gasteiger charge is 2.20. The van der Waals surface area contributed by atoms with Crippen LogP contribution >= 0.6 is 15.9 Å². The molecule has 0 aliphatic rings. The fourth-order valence-electron chi connectivity index (χ4n) is 3.16. The highest BCUT2D eigenvalue weighted by atomic mass is 79.9. The molecule has 0 aliphatic heterocycles. The summed E-state index contributed by atoms with van der Waals surface area (Å²) >= 11 is 3.46. The molecule has 1 amide bonds. The molecule has 3 aromatic rings. The Bertz CT molecular complexity index is 921. The molecule has 6 heteroatoms. The van der Waals surface area contributed by atoms with Gasteiger partial charge in [0.25, 0.3) is 5.91 Å². The first kappa shape index (κ1) is 19.5. The number of carbonyl (C=O) groups excluding carboxylic acids is 1. The lowest BCUT2D eigenvalue weighted by atomic mass is 10.2. The molecule has 3 rings (SSSR count). The van der Waals surface area contributed by atoms with Gasteiger partial charge in [-0.1, -0.05) is 42.3 Å². The number of aromatic nitrogens is 3. The van der Waals surface area contributed by atoms with Crippen molar-refractivity contribution in [1.82, 2.24) is 19.4 Å². The number of unbranched alkanes of at least 4 members (excludes halogenated alkanes) is 1. The zero-order chi connectivity index (χ0) is 19.2. The summed E-state index contributed by atoms with van der Waals surface area (Å²) in [6.07, 6.45) is 4.78. The Hall–Kier alpha value is -2.21. The second kappa shape index (κ2) is 9.13. The molecule has 2 heterocycles. The quantitative estimate of drug-likeness (QED) is 0.504. The molecular weight excluding hydrogens is 404 g/mol. The molecule has 0 saturated heterocycles. The standard InChI is InChI=1S/C21H25BrN4O/c1-3-5-13-25(21(27)16-8-6-9-17(22)14-16)15-19-24-18-10-7-11-23-20(18)26(19)12-4-2/h6-11,14H,3-5,12-13,15H2,1-2H3. The summed E-state index contributed by atoms with van der Waals surface area (Å²) in [5.41, 5.74) is 2.46. The molecular formula is C21H25BrN4O. The van der Waals surface area contributed by atoms with Crippen LogP contribution in [0.5, 0.6) is 0 Å². The summed E-state index contributed by atoms with van der Waals surface area (Å²) in [4.78, 5) is 24.3. The number of amides is 1. The van der Waals surface area contributed by atoms with Crippen molar-refractivity contribution in [3.8, 4) is 0 Å². The molecule has 142 valence electrons. The van der Waals surface area contributed by atoms with Crippen molar-refractivity contribution < 1.29 is 4.79 Å². The lowest BCUT2D eigenvalue weighted by Crippen LogP contribution is -2.32. The van der Waals surface area contributed by atoms with Crippen molar-refractivity contribution in [2.24, 2.45) is 0 Å². The first-order valence-electron chi connectivity index (χ1n) is 9.49. The van der Waals surface area contributed by atoms with E-state index in [1.807, 2.05) is 41.3 Å². The van der Waals surface area contributed by atoms with E-state index in [1.54, 1.807) is 6.20 Å². The third kappa shape index (κ3) is 4.56. The van der Waals surface area contributed by atoms with Crippen molar-refractivity contribution in [2.75, 3.05) is 6.54 Å². The van der Waals surface area contributed by atoms with E-state index < -0.39 is 0 Å². The first-order chi connectivity index (χ1) is 13.1. The average molecular weight is 429 g/mol. The Balaban J connectivity index is 1.93. The molecule has 0 saturated carbocycles. The number of imidazole rings is 1. The molecule has 27 heavy (non-hydrogen) atoms. The highest BCUT2D eigenvalue weighted by molar-refractivity contribution is 9.10. The number of rotatable bonds is 8. The Labute approximate surface area is 168 Å². The predicted octanol–water partition coefficient (Wildman–Crippen LogP) is 5.05. The van der Waals surface area contributed by atoms with Gasteiger partial charge in [-0.3, -0.25) is 4.79 Å². The van der Waals surface area contributed by atoms with Gasteiger partial charge in [-0.2, -0.15) is 0 Å². The predicted molar refractivity (Wildman–Crippen MR) is 112 cm³/mol. The number of hydrogen-bond donors (Lipinski definition) is 0. The topological polar surface area (TPSA) is 51.0 Å². The van der Waals surface area contributed by atoms with Gasteiger partial charge in [0, 0.05) is 29.3 Å². The molecule has 0 bridgehead atoms. The van der Waals surface area contributed by atoms with E-state index in [0.29, 0.717) is 18.7 Å². The zero-order valence-electron chi connectivity index (χ0n) is 15.9. The van der Waals surface area contributed by atoms with Crippen LogP contribution in [0.3, 0.4) is 0 Å². The van der Waals surface area contributed by atoms with Crippen molar-refractivity contribution in [3.63, 3.8) is 0 Å². The van der Waals surface area contributed by atoms with Crippen LogP contribution in [0.4, 0.5) is 0 Å². The number of benzene rings is 1. The molecule has 0 spiro atoms. The van der Waals surface area contributed by atoms with Crippen molar-refractivity contribution in [2.45, 2.75) is 46.2 Å². The number of aryl methyl sites for hydroxylation is 1. The maximum absolute atomic E-state index is 13.1. The van der Waals surface area contributed by atoms with Crippen LogP contribution in [-0.4, -0.2) is 31.9 Å². The van der Waals surface area contributed by atoms with Crippen LogP contribution in [0.25, 0.3) is 11.2 Å². The van der Waals surface area contributed by atoms with Crippen molar-refractivity contribution in [1.29, 1.82) is 0 Å². The Morgan fingerprint density at radius 1 is 1.19 bits per heavy atom. The maximum Gasteiger partial charge on any atom is 0.254 e. The minimum absolute atomic E-state index is 0.0350. The molecule has 5 nitrogen and oxygen atoms in total. The SMILES string of the molecule is CCCCN(Cc1nc2cccnc2n1CCC)C(=O)c1cccc(Br)c1. The van der Waals surface area contributed by atoms with E-state index in [2.05, 4.69) is 39.3 Å². The van der Waals surface area contributed by atoms with Crippen molar-refractivity contribution in [3.05, 3.63) is 58.5 Å². The third-order valence-corrected chi connectivity index (χ3v) is 5.00.